The number of carbonyl (C=O) groups excluding carboxylic acids is 1. The van der Waals surface area contributed by atoms with Crippen molar-refractivity contribution >= 4 is 5.91 Å². The van der Waals surface area contributed by atoms with Crippen molar-refractivity contribution in [3.63, 3.8) is 0 Å². The molecule has 0 aromatic carbocycles. The average molecular weight is 227 g/mol. The van der Waals surface area contributed by atoms with Gasteiger partial charge in [0.05, 0.1) is 0 Å². The van der Waals surface area contributed by atoms with Crippen LogP contribution >= 0.6 is 0 Å². The van der Waals surface area contributed by atoms with Gasteiger partial charge in [0, 0.05) is 12.5 Å². The molecule has 0 spiro atoms. The van der Waals surface area contributed by atoms with Crippen molar-refractivity contribution in [3.05, 3.63) is 0 Å². The van der Waals surface area contributed by atoms with Crippen LogP contribution in [0.3, 0.4) is 0 Å². The quantitative estimate of drug-likeness (QED) is 0.597. The van der Waals surface area contributed by atoms with E-state index in [1.54, 1.807) is 0 Å². The van der Waals surface area contributed by atoms with E-state index >= 15 is 0 Å². The summed E-state index contributed by atoms with van der Waals surface area (Å²) in [6.07, 6.45) is 7.78. The lowest BCUT2D eigenvalue weighted by molar-refractivity contribution is -0.124. The largest absolute Gasteiger partial charge is 0.356 e. The van der Waals surface area contributed by atoms with Gasteiger partial charge in [-0.2, -0.15) is 0 Å². The van der Waals surface area contributed by atoms with E-state index in [9.17, 15) is 4.79 Å². The molecule has 0 saturated carbocycles. The second-order valence-corrected chi connectivity index (χ2v) is 5.19. The van der Waals surface area contributed by atoms with Crippen molar-refractivity contribution in [2.24, 2.45) is 11.8 Å². The number of rotatable bonds is 9. The highest BCUT2D eigenvalue weighted by atomic mass is 16.1. The van der Waals surface area contributed by atoms with Gasteiger partial charge in [0.2, 0.25) is 5.91 Å². The molecule has 16 heavy (non-hydrogen) atoms. The van der Waals surface area contributed by atoms with E-state index in [0.717, 1.165) is 18.9 Å². The second-order valence-electron chi connectivity index (χ2n) is 5.19. The molecule has 0 radical (unpaired) electrons. The van der Waals surface area contributed by atoms with Crippen molar-refractivity contribution < 1.29 is 4.79 Å². The number of nitrogens with one attached hydrogen (secondary N) is 1. The highest BCUT2D eigenvalue weighted by molar-refractivity contribution is 5.77. The maximum atomic E-state index is 11.3. The Morgan fingerprint density at radius 3 is 2.31 bits per heavy atom. The monoisotopic (exact) mass is 227 g/mol. The van der Waals surface area contributed by atoms with Crippen LogP contribution in [-0.4, -0.2) is 12.5 Å². The fraction of sp³-hybridized carbons (Fsp3) is 0.929. The van der Waals surface area contributed by atoms with Crippen LogP contribution in [0, 0.1) is 11.8 Å². The highest BCUT2D eigenvalue weighted by Gasteiger charge is 2.07. The molecule has 1 amide bonds. The fourth-order valence-corrected chi connectivity index (χ4v) is 1.71. The predicted molar refractivity (Wildman–Crippen MR) is 70.4 cm³/mol. The maximum absolute atomic E-state index is 11.3. The van der Waals surface area contributed by atoms with Crippen LogP contribution in [0.1, 0.15) is 66.2 Å². The van der Waals surface area contributed by atoms with Gasteiger partial charge in [0.25, 0.3) is 0 Å². The third-order valence-electron chi connectivity index (χ3n) is 3.01. The molecule has 1 atom stereocenters. The van der Waals surface area contributed by atoms with Crippen molar-refractivity contribution in [1.29, 1.82) is 0 Å². The van der Waals surface area contributed by atoms with Gasteiger partial charge in [0.1, 0.15) is 0 Å². The second kappa shape index (κ2) is 9.68. The molecule has 2 heteroatoms. The fourth-order valence-electron chi connectivity index (χ4n) is 1.71. The molecule has 0 heterocycles. The molecule has 2 nitrogen and oxygen atoms in total. The Hall–Kier alpha value is -0.530. The molecule has 0 aromatic rings. The molecule has 1 unspecified atom stereocenters. The van der Waals surface area contributed by atoms with Crippen molar-refractivity contribution in [2.75, 3.05) is 6.54 Å². The Morgan fingerprint density at radius 2 is 1.75 bits per heavy atom. The number of hydrogen-bond donors (Lipinski definition) is 1. The van der Waals surface area contributed by atoms with Crippen LogP contribution in [0.5, 0.6) is 0 Å². The summed E-state index contributed by atoms with van der Waals surface area (Å²) in [7, 11) is 0. The molecule has 0 rings (SSSR count). The first-order valence-corrected chi connectivity index (χ1v) is 6.85. The Kier molecular flexibility index (Phi) is 9.36. The lowest BCUT2D eigenvalue weighted by Gasteiger charge is -2.12. The molecule has 0 aromatic heterocycles. The molecular weight excluding hydrogens is 198 g/mol. The van der Waals surface area contributed by atoms with Gasteiger partial charge < -0.3 is 5.32 Å². The van der Waals surface area contributed by atoms with Gasteiger partial charge in [-0.15, -0.1) is 0 Å². The van der Waals surface area contributed by atoms with E-state index in [2.05, 4.69) is 19.2 Å². The zero-order valence-electron chi connectivity index (χ0n) is 11.5. The van der Waals surface area contributed by atoms with Gasteiger partial charge >= 0.3 is 0 Å². The van der Waals surface area contributed by atoms with E-state index in [1.807, 2.05) is 13.8 Å². The molecule has 0 aliphatic heterocycles. The summed E-state index contributed by atoms with van der Waals surface area (Å²) < 4.78 is 0. The van der Waals surface area contributed by atoms with E-state index < -0.39 is 0 Å². The van der Waals surface area contributed by atoms with Gasteiger partial charge in [-0.1, -0.05) is 59.8 Å². The minimum atomic E-state index is 0.111. The summed E-state index contributed by atoms with van der Waals surface area (Å²) >= 11 is 0. The van der Waals surface area contributed by atoms with E-state index in [-0.39, 0.29) is 11.8 Å². The number of unbranched alkanes of at least 4 members (excludes halogenated alkanes) is 3. The average Bonchev–Trinajstić information content (AvgIpc) is 2.24. The first kappa shape index (κ1) is 15.5. The zero-order chi connectivity index (χ0) is 12.4. The van der Waals surface area contributed by atoms with Crippen molar-refractivity contribution in [3.8, 4) is 0 Å². The number of hydrogen-bond acceptors (Lipinski definition) is 1. The topological polar surface area (TPSA) is 29.1 Å². The Morgan fingerprint density at radius 1 is 1.06 bits per heavy atom. The summed E-state index contributed by atoms with van der Waals surface area (Å²) in [5.74, 6) is 1.03. The minimum absolute atomic E-state index is 0.111. The van der Waals surface area contributed by atoms with Gasteiger partial charge in [-0.25, -0.2) is 0 Å². The van der Waals surface area contributed by atoms with Gasteiger partial charge in [-0.3, -0.25) is 4.79 Å². The summed E-state index contributed by atoms with van der Waals surface area (Å²) in [5, 5.41) is 2.98. The van der Waals surface area contributed by atoms with Crippen molar-refractivity contribution in [1.82, 2.24) is 5.32 Å². The normalized spacial score (nSPS) is 12.8. The minimum Gasteiger partial charge on any atom is -0.356 e. The first-order chi connectivity index (χ1) is 7.57. The van der Waals surface area contributed by atoms with Crippen LogP contribution < -0.4 is 5.32 Å². The van der Waals surface area contributed by atoms with Crippen molar-refractivity contribution in [2.45, 2.75) is 66.2 Å². The highest BCUT2D eigenvalue weighted by Crippen LogP contribution is 2.13. The van der Waals surface area contributed by atoms with E-state index in [1.165, 1.54) is 32.1 Å². The van der Waals surface area contributed by atoms with Crippen LogP contribution in [0.4, 0.5) is 0 Å². The SMILES string of the molecule is CCCCCCC(C)CCNC(=O)C(C)C. The molecular formula is C14H29NO. The van der Waals surface area contributed by atoms with E-state index in [4.69, 9.17) is 0 Å². The molecule has 0 saturated heterocycles. The predicted octanol–water partition coefficient (Wildman–Crippen LogP) is 3.76. The number of carbonyl (C=O) groups is 1. The Bertz CT molecular complexity index is 178. The van der Waals surface area contributed by atoms with E-state index in [0.29, 0.717) is 0 Å². The third-order valence-corrected chi connectivity index (χ3v) is 3.01. The number of amides is 1. The molecule has 0 fully saturated rings. The van der Waals surface area contributed by atoms with Crippen LogP contribution in [0.2, 0.25) is 0 Å². The summed E-state index contributed by atoms with van der Waals surface area (Å²) in [4.78, 5) is 11.3. The maximum Gasteiger partial charge on any atom is 0.222 e. The standard InChI is InChI=1S/C14H29NO/c1-5-6-7-8-9-13(4)10-11-15-14(16)12(2)3/h12-13H,5-11H2,1-4H3,(H,15,16). The van der Waals surface area contributed by atoms with Crippen LogP contribution in [-0.2, 0) is 4.79 Å². The van der Waals surface area contributed by atoms with Gasteiger partial charge in [-0.05, 0) is 12.3 Å². The smallest absolute Gasteiger partial charge is 0.222 e. The first-order valence-electron chi connectivity index (χ1n) is 6.85. The van der Waals surface area contributed by atoms with Crippen LogP contribution in [0.25, 0.3) is 0 Å². The molecule has 1 N–H and O–H groups in total. The van der Waals surface area contributed by atoms with Gasteiger partial charge in [0.15, 0.2) is 0 Å². The molecule has 0 bridgehead atoms. The zero-order valence-corrected chi connectivity index (χ0v) is 11.5. The summed E-state index contributed by atoms with van der Waals surface area (Å²) in [6, 6.07) is 0. The summed E-state index contributed by atoms with van der Waals surface area (Å²) in [6.45, 7) is 9.23. The Labute approximate surface area is 101 Å². The molecule has 96 valence electrons. The third kappa shape index (κ3) is 8.75. The molecule has 0 aliphatic carbocycles. The molecule has 0 aliphatic rings. The van der Waals surface area contributed by atoms with Crippen LogP contribution in [0.15, 0.2) is 0 Å². The Balaban J connectivity index is 3.36. The lowest BCUT2D eigenvalue weighted by Crippen LogP contribution is -2.29. The summed E-state index contributed by atoms with van der Waals surface area (Å²) in [5.41, 5.74) is 0. The lowest BCUT2D eigenvalue weighted by atomic mass is 9.99.